The number of amides is 1. The molecular weight excluding hydrogens is 418 g/mol. The lowest BCUT2D eigenvalue weighted by molar-refractivity contribution is -0.124. The predicted octanol–water partition coefficient (Wildman–Crippen LogP) is 5.34. The molecule has 0 atom stereocenters. The summed E-state index contributed by atoms with van der Waals surface area (Å²) in [5, 5.41) is 10.6. The molecule has 23 heavy (non-hydrogen) atoms. The minimum absolute atomic E-state index is 0.0670. The van der Waals surface area contributed by atoms with Crippen LogP contribution in [0.5, 0.6) is 5.75 Å². The zero-order valence-corrected chi connectivity index (χ0v) is 16.2. The summed E-state index contributed by atoms with van der Waals surface area (Å²) < 4.78 is 1.10. The summed E-state index contributed by atoms with van der Waals surface area (Å²) in [5.74, 6) is -0.000247. The summed E-state index contributed by atoms with van der Waals surface area (Å²) >= 11 is 16.0. The summed E-state index contributed by atoms with van der Waals surface area (Å²) in [7, 11) is 0. The zero-order valence-electron chi connectivity index (χ0n) is 12.2. The smallest absolute Gasteiger partial charge is 0.266 e. The van der Waals surface area contributed by atoms with Gasteiger partial charge in [-0.25, -0.2) is 0 Å². The van der Waals surface area contributed by atoms with Crippen molar-refractivity contribution in [1.82, 2.24) is 4.90 Å². The van der Waals surface area contributed by atoms with Crippen LogP contribution in [0, 0.1) is 0 Å². The van der Waals surface area contributed by atoms with Gasteiger partial charge in [0.1, 0.15) is 10.1 Å². The summed E-state index contributed by atoms with van der Waals surface area (Å²) in [4.78, 5) is 15.0. The van der Waals surface area contributed by atoms with Crippen LogP contribution in [0.15, 0.2) is 21.5 Å². The van der Waals surface area contributed by atoms with Crippen molar-refractivity contribution in [3.05, 3.63) is 32.1 Å². The number of halogens is 2. The molecule has 1 N–H and O–H groups in total. The fourth-order valence-corrected chi connectivity index (χ4v) is 5.20. The number of hydrogen-bond acceptors (Lipinski definition) is 4. The zero-order chi connectivity index (χ0) is 16.6. The molecule has 0 aromatic heterocycles. The Balaban J connectivity index is 1.90. The molecule has 1 amide bonds. The molecule has 0 radical (unpaired) electrons. The molecule has 7 heteroatoms. The lowest BCUT2D eigenvalue weighted by Gasteiger charge is -2.29. The fraction of sp³-hybridized carbons (Fsp3) is 0.375. The van der Waals surface area contributed by atoms with Crippen molar-refractivity contribution in [2.75, 3.05) is 0 Å². The Bertz CT molecular complexity index is 702. The molecular formula is C16H15BrClNO2S2. The average Bonchev–Trinajstić information content (AvgIpc) is 2.79. The number of nitrogens with zero attached hydrogens (tertiary/aromatic N) is 1. The van der Waals surface area contributed by atoms with Gasteiger partial charge in [-0.2, -0.15) is 0 Å². The van der Waals surface area contributed by atoms with E-state index in [1.54, 1.807) is 23.1 Å². The first-order chi connectivity index (χ1) is 11.0. The van der Waals surface area contributed by atoms with Gasteiger partial charge in [0.15, 0.2) is 0 Å². The van der Waals surface area contributed by atoms with E-state index < -0.39 is 0 Å². The van der Waals surface area contributed by atoms with Crippen LogP contribution in [-0.4, -0.2) is 26.3 Å². The molecule has 2 fully saturated rings. The topological polar surface area (TPSA) is 40.5 Å². The molecule has 0 bridgehead atoms. The molecule has 122 valence electrons. The van der Waals surface area contributed by atoms with Gasteiger partial charge in [0.05, 0.1) is 9.38 Å². The SMILES string of the molecule is O=C1/C(=C\c2cc(Cl)cc(Br)c2O)SC(=S)N1C1CCCCC1. The number of aromatic hydroxyl groups is 1. The summed E-state index contributed by atoms with van der Waals surface area (Å²) in [5.41, 5.74) is 0.508. The van der Waals surface area contributed by atoms with E-state index in [4.69, 9.17) is 23.8 Å². The molecule has 1 saturated carbocycles. The van der Waals surface area contributed by atoms with E-state index in [2.05, 4.69) is 15.9 Å². The van der Waals surface area contributed by atoms with Crippen LogP contribution in [0.3, 0.4) is 0 Å². The van der Waals surface area contributed by atoms with E-state index in [1.807, 2.05) is 0 Å². The van der Waals surface area contributed by atoms with Crippen LogP contribution in [0.25, 0.3) is 6.08 Å². The van der Waals surface area contributed by atoms with E-state index in [9.17, 15) is 9.90 Å². The minimum Gasteiger partial charge on any atom is -0.506 e. The van der Waals surface area contributed by atoms with Crippen molar-refractivity contribution in [2.45, 2.75) is 38.1 Å². The maximum Gasteiger partial charge on any atom is 0.266 e. The third kappa shape index (κ3) is 3.60. The second-order valence-electron chi connectivity index (χ2n) is 5.67. The van der Waals surface area contributed by atoms with Crippen molar-refractivity contribution >= 4 is 67.8 Å². The van der Waals surface area contributed by atoms with Crippen LogP contribution in [-0.2, 0) is 4.79 Å². The highest BCUT2D eigenvalue weighted by atomic mass is 79.9. The lowest BCUT2D eigenvalue weighted by Crippen LogP contribution is -2.39. The molecule has 1 aliphatic heterocycles. The Morgan fingerprint density at radius 2 is 2.04 bits per heavy atom. The highest BCUT2D eigenvalue weighted by molar-refractivity contribution is 9.10. The van der Waals surface area contributed by atoms with E-state index in [0.717, 1.165) is 25.7 Å². The van der Waals surface area contributed by atoms with Crippen molar-refractivity contribution in [2.24, 2.45) is 0 Å². The maximum atomic E-state index is 12.7. The number of phenolic OH excluding ortho intramolecular Hbond substituents is 1. The largest absolute Gasteiger partial charge is 0.506 e. The quantitative estimate of drug-likeness (QED) is 0.506. The van der Waals surface area contributed by atoms with Crippen molar-refractivity contribution in [3.8, 4) is 5.75 Å². The predicted molar refractivity (Wildman–Crippen MR) is 103 cm³/mol. The van der Waals surface area contributed by atoms with Gasteiger partial charge in [-0.15, -0.1) is 0 Å². The van der Waals surface area contributed by atoms with Gasteiger partial charge in [0.25, 0.3) is 5.91 Å². The first kappa shape index (κ1) is 17.3. The summed E-state index contributed by atoms with van der Waals surface area (Å²) in [6.45, 7) is 0. The second kappa shape index (κ2) is 7.13. The molecule has 2 aliphatic rings. The van der Waals surface area contributed by atoms with E-state index in [0.29, 0.717) is 24.3 Å². The lowest BCUT2D eigenvalue weighted by atomic mass is 9.94. The fourth-order valence-electron chi connectivity index (χ4n) is 2.97. The van der Waals surface area contributed by atoms with E-state index >= 15 is 0 Å². The number of hydrogen-bond donors (Lipinski definition) is 1. The summed E-state index contributed by atoms with van der Waals surface area (Å²) in [6, 6.07) is 3.46. The van der Waals surface area contributed by atoms with Crippen LogP contribution in [0.4, 0.5) is 0 Å². The number of carbonyl (C=O) groups is 1. The number of carbonyl (C=O) groups excluding carboxylic acids is 1. The average molecular weight is 433 g/mol. The van der Waals surface area contributed by atoms with Gasteiger partial charge in [0, 0.05) is 16.6 Å². The molecule has 1 aliphatic carbocycles. The second-order valence-corrected chi connectivity index (χ2v) is 8.64. The van der Waals surface area contributed by atoms with Crippen molar-refractivity contribution in [1.29, 1.82) is 0 Å². The molecule has 1 aromatic carbocycles. The van der Waals surface area contributed by atoms with Gasteiger partial charge in [-0.3, -0.25) is 9.69 Å². The van der Waals surface area contributed by atoms with Crippen molar-refractivity contribution in [3.63, 3.8) is 0 Å². The third-order valence-electron chi connectivity index (χ3n) is 4.11. The van der Waals surface area contributed by atoms with E-state index in [1.165, 1.54) is 18.2 Å². The first-order valence-electron chi connectivity index (χ1n) is 7.42. The standard InChI is InChI=1S/C16H15BrClNO2S2/c17-12-8-10(18)6-9(14(12)20)7-13-15(21)19(16(22)23-13)11-4-2-1-3-5-11/h6-8,11,20H,1-5H2/b13-7+. The van der Waals surface area contributed by atoms with Crippen LogP contribution < -0.4 is 0 Å². The first-order valence-corrected chi connectivity index (χ1v) is 9.82. The maximum absolute atomic E-state index is 12.7. The molecule has 0 unspecified atom stereocenters. The van der Waals surface area contributed by atoms with Crippen LogP contribution in [0.1, 0.15) is 37.7 Å². The van der Waals surface area contributed by atoms with Gasteiger partial charge < -0.3 is 5.11 Å². The highest BCUT2D eigenvalue weighted by Crippen LogP contribution is 2.39. The molecule has 0 spiro atoms. The summed E-state index contributed by atoms with van der Waals surface area (Å²) in [6.07, 6.45) is 7.19. The number of thiocarbonyl (C=S) groups is 1. The number of rotatable bonds is 2. The highest BCUT2D eigenvalue weighted by Gasteiger charge is 2.37. The Hall–Kier alpha value is -0.560. The van der Waals surface area contributed by atoms with E-state index in [-0.39, 0.29) is 17.7 Å². The van der Waals surface area contributed by atoms with Gasteiger partial charge in [-0.05, 0) is 47.0 Å². The number of benzene rings is 1. The molecule has 1 saturated heterocycles. The van der Waals surface area contributed by atoms with Crippen LogP contribution in [0.2, 0.25) is 5.02 Å². The van der Waals surface area contributed by atoms with Gasteiger partial charge in [-0.1, -0.05) is 54.8 Å². The molecule has 1 aromatic rings. The number of phenols is 1. The molecule has 3 rings (SSSR count). The minimum atomic E-state index is -0.0672. The normalized spacial score (nSPS) is 21.5. The van der Waals surface area contributed by atoms with Gasteiger partial charge in [0.2, 0.25) is 0 Å². The molecule has 1 heterocycles. The Morgan fingerprint density at radius 3 is 2.74 bits per heavy atom. The Labute approximate surface area is 158 Å². The Morgan fingerprint density at radius 1 is 1.35 bits per heavy atom. The molecule has 3 nitrogen and oxygen atoms in total. The number of thioether (sulfide) groups is 1. The monoisotopic (exact) mass is 431 g/mol. The Kier molecular flexibility index (Phi) is 5.35. The van der Waals surface area contributed by atoms with Gasteiger partial charge >= 0.3 is 0 Å². The van der Waals surface area contributed by atoms with Crippen LogP contribution >= 0.6 is 51.5 Å². The third-order valence-corrected chi connectivity index (χ3v) is 6.26. The van der Waals surface area contributed by atoms with Crippen molar-refractivity contribution < 1.29 is 9.90 Å².